The van der Waals surface area contributed by atoms with Crippen LogP contribution in [0.1, 0.15) is 5.76 Å². The molecule has 7 heteroatoms. The topological polar surface area (TPSA) is 56.9 Å². The first kappa shape index (κ1) is 17.6. The van der Waals surface area contributed by atoms with E-state index in [9.17, 15) is 0 Å². The van der Waals surface area contributed by atoms with Crippen LogP contribution in [0.2, 0.25) is 0 Å². The van der Waals surface area contributed by atoms with Crippen LogP contribution in [0, 0.1) is 0 Å². The molecule has 0 atom stereocenters. The molecule has 3 rings (SSSR count). The highest BCUT2D eigenvalue weighted by atomic mass is 127. The van der Waals surface area contributed by atoms with E-state index < -0.39 is 0 Å². The first-order chi connectivity index (χ1) is 10.9. The van der Waals surface area contributed by atoms with Gasteiger partial charge in [0.1, 0.15) is 11.6 Å². The van der Waals surface area contributed by atoms with Gasteiger partial charge < -0.3 is 19.5 Å². The number of piperazine rings is 1. The fourth-order valence-electron chi connectivity index (χ4n) is 2.60. The molecule has 0 bridgehead atoms. The lowest BCUT2D eigenvalue weighted by atomic mass is 10.3. The van der Waals surface area contributed by atoms with Crippen molar-refractivity contribution in [2.75, 3.05) is 38.1 Å². The normalized spacial score (nSPS) is 15.3. The number of hydrogen-bond donors (Lipinski definition) is 1. The summed E-state index contributed by atoms with van der Waals surface area (Å²) < 4.78 is 5.34. The highest BCUT2D eigenvalue weighted by molar-refractivity contribution is 14.0. The van der Waals surface area contributed by atoms with Crippen LogP contribution in [-0.4, -0.2) is 49.1 Å². The smallest absolute Gasteiger partial charge is 0.194 e. The van der Waals surface area contributed by atoms with Crippen molar-refractivity contribution in [2.45, 2.75) is 6.54 Å². The van der Waals surface area contributed by atoms with Gasteiger partial charge >= 0.3 is 0 Å². The standard InChI is InChI=1S/C16H21N5O.HI/c1-17-16(19-13-14-5-4-12-22-14)21-10-8-20(9-11-21)15-6-2-3-7-18-15;/h2-7,12H,8-11,13H2,1H3,(H,17,19);1H. The second-order valence-corrected chi connectivity index (χ2v) is 5.14. The Bertz CT molecular complexity index is 594. The number of furan rings is 1. The molecule has 1 saturated heterocycles. The molecule has 23 heavy (non-hydrogen) atoms. The predicted molar refractivity (Wildman–Crippen MR) is 102 cm³/mol. The Hall–Kier alpha value is -1.77. The largest absolute Gasteiger partial charge is 0.467 e. The summed E-state index contributed by atoms with van der Waals surface area (Å²) in [5.74, 6) is 2.87. The number of anilines is 1. The Morgan fingerprint density at radius 3 is 2.65 bits per heavy atom. The van der Waals surface area contributed by atoms with Crippen LogP contribution in [0.15, 0.2) is 52.2 Å². The van der Waals surface area contributed by atoms with Crippen LogP contribution >= 0.6 is 24.0 Å². The quantitative estimate of drug-likeness (QED) is 0.463. The van der Waals surface area contributed by atoms with Crippen molar-refractivity contribution in [1.29, 1.82) is 0 Å². The molecule has 2 aromatic heterocycles. The van der Waals surface area contributed by atoms with E-state index in [1.807, 2.05) is 37.5 Å². The Morgan fingerprint density at radius 2 is 2.04 bits per heavy atom. The van der Waals surface area contributed by atoms with Crippen molar-refractivity contribution in [3.05, 3.63) is 48.6 Å². The number of hydrogen-bond acceptors (Lipinski definition) is 4. The van der Waals surface area contributed by atoms with Gasteiger partial charge in [-0.25, -0.2) is 4.98 Å². The van der Waals surface area contributed by atoms with Crippen LogP contribution in [0.3, 0.4) is 0 Å². The van der Waals surface area contributed by atoms with Crippen molar-refractivity contribution in [1.82, 2.24) is 15.2 Å². The molecular formula is C16H22IN5O. The molecule has 1 aliphatic rings. The second-order valence-electron chi connectivity index (χ2n) is 5.14. The summed E-state index contributed by atoms with van der Waals surface area (Å²) in [6.45, 7) is 4.39. The highest BCUT2D eigenvalue weighted by Gasteiger charge is 2.20. The molecule has 3 heterocycles. The van der Waals surface area contributed by atoms with Gasteiger partial charge in [-0.2, -0.15) is 0 Å². The van der Waals surface area contributed by atoms with E-state index in [1.165, 1.54) is 0 Å². The highest BCUT2D eigenvalue weighted by Crippen LogP contribution is 2.12. The van der Waals surface area contributed by atoms with Crippen LogP contribution in [-0.2, 0) is 6.54 Å². The monoisotopic (exact) mass is 427 g/mol. The minimum absolute atomic E-state index is 0. The minimum atomic E-state index is 0. The zero-order chi connectivity index (χ0) is 15.2. The molecule has 6 nitrogen and oxygen atoms in total. The number of guanidine groups is 1. The molecule has 1 aliphatic heterocycles. The number of aromatic nitrogens is 1. The molecular weight excluding hydrogens is 405 g/mol. The Morgan fingerprint density at radius 1 is 1.22 bits per heavy atom. The lowest BCUT2D eigenvalue weighted by Crippen LogP contribution is -2.52. The van der Waals surface area contributed by atoms with Gasteiger partial charge in [0, 0.05) is 39.4 Å². The third kappa shape index (κ3) is 4.60. The van der Waals surface area contributed by atoms with Crippen LogP contribution < -0.4 is 10.2 Å². The van der Waals surface area contributed by atoms with E-state index in [0.717, 1.165) is 43.7 Å². The van der Waals surface area contributed by atoms with E-state index in [4.69, 9.17) is 4.42 Å². The lowest BCUT2D eigenvalue weighted by Gasteiger charge is -2.37. The van der Waals surface area contributed by atoms with E-state index in [2.05, 4.69) is 31.2 Å². The number of nitrogens with zero attached hydrogens (tertiary/aromatic N) is 4. The fraction of sp³-hybridized carbons (Fsp3) is 0.375. The van der Waals surface area contributed by atoms with E-state index in [0.29, 0.717) is 6.54 Å². The van der Waals surface area contributed by atoms with E-state index >= 15 is 0 Å². The van der Waals surface area contributed by atoms with Crippen LogP contribution in [0.5, 0.6) is 0 Å². The first-order valence-corrected chi connectivity index (χ1v) is 7.51. The summed E-state index contributed by atoms with van der Waals surface area (Å²) in [6, 6.07) is 9.88. The van der Waals surface area contributed by atoms with Gasteiger partial charge in [-0.05, 0) is 24.3 Å². The van der Waals surface area contributed by atoms with Crippen molar-refractivity contribution in [2.24, 2.45) is 4.99 Å². The van der Waals surface area contributed by atoms with Crippen LogP contribution in [0.4, 0.5) is 5.82 Å². The summed E-state index contributed by atoms with van der Waals surface area (Å²) in [5.41, 5.74) is 0. The molecule has 0 aliphatic carbocycles. The Labute approximate surface area is 153 Å². The summed E-state index contributed by atoms with van der Waals surface area (Å²) in [5, 5.41) is 3.34. The van der Waals surface area contributed by atoms with Gasteiger partial charge in [-0.15, -0.1) is 24.0 Å². The van der Waals surface area contributed by atoms with E-state index in [1.54, 1.807) is 6.26 Å². The molecule has 0 amide bonds. The number of rotatable bonds is 3. The average Bonchev–Trinajstić information content (AvgIpc) is 3.10. The predicted octanol–water partition coefficient (Wildman–Crippen LogP) is 2.19. The number of nitrogens with one attached hydrogen (secondary N) is 1. The zero-order valence-electron chi connectivity index (χ0n) is 13.2. The maximum absolute atomic E-state index is 5.34. The molecule has 1 fully saturated rings. The van der Waals surface area contributed by atoms with Crippen LogP contribution in [0.25, 0.3) is 0 Å². The summed E-state index contributed by atoms with van der Waals surface area (Å²) >= 11 is 0. The zero-order valence-corrected chi connectivity index (χ0v) is 15.5. The molecule has 124 valence electrons. The van der Waals surface area contributed by atoms with Crippen molar-refractivity contribution < 1.29 is 4.42 Å². The molecule has 0 unspecified atom stereocenters. The van der Waals surface area contributed by atoms with Gasteiger partial charge in [0.2, 0.25) is 0 Å². The minimum Gasteiger partial charge on any atom is -0.467 e. The molecule has 2 aromatic rings. The lowest BCUT2D eigenvalue weighted by molar-refractivity contribution is 0.368. The van der Waals surface area contributed by atoms with Crippen molar-refractivity contribution >= 4 is 35.8 Å². The number of halogens is 1. The maximum Gasteiger partial charge on any atom is 0.194 e. The molecule has 0 saturated carbocycles. The SMILES string of the molecule is CN=C(NCc1ccco1)N1CCN(c2ccccn2)CC1.I. The summed E-state index contributed by atoms with van der Waals surface area (Å²) in [4.78, 5) is 13.3. The molecule has 0 spiro atoms. The third-order valence-electron chi connectivity index (χ3n) is 3.77. The van der Waals surface area contributed by atoms with Crippen molar-refractivity contribution in [3.8, 4) is 0 Å². The van der Waals surface area contributed by atoms with Gasteiger partial charge in [0.25, 0.3) is 0 Å². The fourth-order valence-corrected chi connectivity index (χ4v) is 2.60. The third-order valence-corrected chi connectivity index (χ3v) is 3.77. The van der Waals surface area contributed by atoms with Crippen molar-refractivity contribution in [3.63, 3.8) is 0 Å². The molecule has 0 aromatic carbocycles. The summed E-state index contributed by atoms with van der Waals surface area (Å²) in [7, 11) is 1.82. The Kier molecular flexibility index (Phi) is 6.69. The van der Waals surface area contributed by atoms with Gasteiger partial charge in [-0.3, -0.25) is 4.99 Å². The second kappa shape index (κ2) is 8.76. The number of aliphatic imine (C=N–C) groups is 1. The van der Waals surface area contributed by atoms with Gasteiger partial charge in [0.15, 0.2) is 5.96 Å². The molecule has 0 radical (unpaired) electrons. The average molecular weight is 427 g/mol. The van der Waals surface area contributed by atoms with E-state index in [-0.39, 0.29) is 24.0 Å². The Balaban J connectivity index is 0.00000192. The molecule has 1 N–H and O–H groups in total. The summed E-state index contributed by atoms with van der Waals surface area (Å²) in [6.07, 6.45) is 3.52. The van der Waals surface area contributed by atoms with Gasteiger partial charge in [-0.1, -0.05) is 6.07 Å². The van der Waals surface area contributed by atoms with Gasteiger partial charge in [0.05, 0.1) is 12.8 Å². The number of pyridine rings is 1. The first-order valence-electron chi connectivity index (χ1n) is 7.51. The maximum atomic E-state index is 5.34.